The number of aliphatic carboxylic acids is 1. The lowest BCUT2D eigenvalue weighted by Gasteiger charge is -2.36. The number of fused-ring (bicyclic) bond motifs is 2. The van der Waals surface area contributed by atoms with Gasteiger partial charge >= 0.3 is 5.97 Å². The van der Waals surface area contributed by atoms with Gasteiger partial charge in [0.2, 0.25) is 5.91 Å². The van der Waals surface area contributed by atoms with Gasteiger partial charge in [-0.3, -0.25) is 14.4 Å². The maximum Gasteiger partial charge on any atom is 0.303 e. The Morgan fingerprint density at radius 1 is 1.11 bits per heavy atom. The van der Waals surface area contributed by atoms with Crippen LogP contribution in [0, 0.1) is 5.82 Å². The Labute approximate surface area is 217 Å². The molecule has 37 heavy (non-hydrogen) atoms. The van der Waals surface area contributed by atoms with E-state index < -0.39 is 17.9 Å². The van der Waals surface area contributed by atoms with Gasteiger partial charge in [-0.2, -0.15) is 0 Å². The van der Waals surface area contributed by atoms with Crippen LogP contribution in [0.5, 0.6) is 5.75 Å². The van der Waals surface area contributed by atoms with Crippen molar-refractivity contribution in [1.29, 1.82) is 0 Å². The molecule has 2 aliphatic rings. The summed E-state index contributed by atoms with van der Waals surface area (Å²) in [4.78, 5) is 39.2. The molecule has 0 aromatic heterocycles. The standard InChI is InChI=1S/C29H35FN2O5/c1-4-37-21-9-10-22-18(16-21)12-14-32(24(33)7-5-6-8-25(34)35)27(22)28(36)31-20-15-19-11-13-29(2,3)26(19)23(30)17-20/h9-10,15-17,27H,4-8,11-14H2,1-3H3,(H,31,36)(H,34,35)/t27-/m1/s1. The second-order valence-corrected chi connectivity index (χ2v) is 10.5. The quantitative estimate of drug-likeness (QED) is 0.455. The van der Waals surface area contributed by atoms with E-state index >= 15 is 4.39 Å². The van der Waals surface area contributed by atoms with E-state index in [1.807, 2.05) is 39.0 Å². The summed E-state index contributed by atoms with van der Waals surface area (Å²) in [5, 5.41) is 11.7. The zero-order chi connectivity index (χ0) is 26.7. The molecule has 0 radical (unpaired) electrons. The Morgan fingerprint density at radius 2 is 1.86 bits per heavy atom. The fraction of sp³-hybridized carbons (Fsp3) is 0.483. The molecule has 0 spiro atoms. The number of carboxylic acids is 1. The van der Waals surface area contributed by atoms with E-state index in [0.29, 0.717) is 55.0 Å². The Balaban J connectivity index is 1.60. The van der Waals surface area contributed by atoms with Crippen LogP contribution >= 0.6 is 0 Å². The molecule has 8 heteroatoms. The first-order valence-corrected chi connectivity index (χ1v) is 13.0. The van der Waals surface area contributed by atoms with Crippen LogP contribution in [0.3, 0.4) is 0 Å². The molecule has 2 aromatic carbocycles. The first kappa shape index (κ1) is 26.6. The van der Waals surface area contributed by atoms with Crippen molar-refractivity contribution < 1.29 is 28.6 Å². The monoisotopic (exact) mass is 510 g/mol. The summed E-state index contributed by atoms with van der Waals surface area (Å²) in [5.74, 6) is -1.12. The molecule has 7 nitrogen and oxygen atoms in total. The third-order valence-corrected chi connectivity index (χ3v) is 7.39. The summed E-state index contributed by atoms with van der Waals surface area (Å²) < 4.78 is 20.7. The summed E-state index contributed by atoms with van der Waals surface area (Å²) in [5.41, 5.74) is 3.39. The van der Waals surface area contributed by atoms with Gasteiger partial charge in [-0.25, -0.2) is 4.39 Å². The summed E-state index contributed by atoms with van der Waals surface area (Å²) in [6.07, 6.45) is 3.15. The van der Waals surface area contributed by atoms with Gasteiger partial charge in [0, 0.05) is 25.1 Å². The van der Waals surface area contributed by atoms with Crippen LogP contribution in [-0.4, -0.2) is 40.9 Å². The number of halogens is 1. The van der Waals surface area contributed by atoms with Crippen molar-refractivity contribution in [2.24, 2.45) is 0 Å². The average Bonchev–Trinajstić information content (AvgIpc) is 3.15. The number of anilines is 1. The van der Waals surface area contributed by atoms with Crippen molar-refractivity contribution in [1.82, 2.24) is 4.90 Å². The zero-order valence-corrected chi connectivity index (χ0v) is 21.7. The lowest BCUT2D eigenvalue weighted by atomic mass is 9.86. The average molecular weight is 511 g/mol. The number of hydrogen-bond acceptors (Lipinski definition) is 4. The minimum absolute atomic E-state index is 0.000925. The van der Waals surface area contributed by atoms with E-state index in [2.05, 4.69) is 5.32 Å². The number of nitrogens with one attached hydrogen (secondary N) is 1. The summed E-state index contributed by atoms with van der Waals surface area (Å²) in [7, 11) is 0. The number of benzene rings is 2. The van der Waals surface area contributed by atoms with Gasteiger partial charge in [0.25, 0.3) is 5.91 Å². The number of hydrogen-bond donors (Lipinski definition) is 2. The number of carbonyl (C=O) groups is 3. The molecule has 2 aromatic rings. The Hall–Kier alpha value is -3.42. The largest absolute Gasteiger partial charge is 0.494 e. The highest BCUT2D eigenvalue weighted by Crippen LogP contribution is 2.41. The van der Waals surface area contributed by atoms with Crippen LogP contribution in [0.2, 0.25) is 0 Å². The van der Waals surface area contributed by atoms with Gasteiger partial charge in [0.15, 0.2) is 0 Å². The molecule has 1 atom stereocenters. The number of unbranched alkanes of at least 4 members (excludes halogenated alkanes) is 1. The summed E-state index contributed by atoms with van der Waals surface area (Å²) in [6, 6.07) is 7.85. The normalized spacial score (nSPS) is 17.6. The molecule has 2 amide bonds. The lowest BCUT2D eigenvalue weighted by molar-refractivity contribution is -0.140. The molecule has 1 aliphatic heterocycles. The Bertz CT molecular complexity index is 1210. The fourth-order valence-corrected chi connectivity index (χ4v) is 5.58. The van der Waals surface area contributed by atoms with Crippen molar-refractivity contribution in [3.05, 3.63) is 58.4 Å². The van der Waals surface area contributed by atoms with Gasteiger partial charge < -0.3 is 20.1 Å². The number of rotatable bonds is 9. The number of carboxylic acid groups (broad SMARTS) is 1. The molecule has 4 rings (SSSR count). The van der Waals surface area contributed by atoms with Crippen LogP contribution < -0.4 is 10.1 Å². The van der Waals surface area contributed by atoms with Crippen molar-refractivity contribution >= 4 is 23.5 Å². The minimum atomic E-state index is -0.897. The highest BCUT2D eigenvalue weighted by molar-refractivity contribution is 5.98. The topological polar surface area (TPSA) is 95.9 Å². The van der Waals surface area contributed by atoms with Crippen LogP contribution in [-0.2, 0) is 32.6 Å². The van der Waals surface area contributed by atoms with E-state index in [4.69, 9.17) is 9.84 Å². The molecule has 2 N–H and O–H groups in total. The first-order valence-electron chi connectivity index (χ1n) is 13.0. The Morgan fingerprint density at radius 3 is 2.59 bits per heavy atom. The van der Waals surface area contributed by atoms with E-state index in [-0.39, 0.29) is 30.0 Å². The van der Waals surface area contributed by atoms with Crippen molar-refractivity contribution in [2.45, 2.75) is 77.2 Å². The van der Waals surface area contributed by atoms with Crippen LogP contribution in [0.1, 0.15) is 81.2 Å². The van der Waals surface area contributed by atoms with Crippen LogP contribution in [0.4, 0.5) is 10.1 Å². The summed E-state index contributed by atoms with van der Waals surface area (Å²) >= 11 is 0. The molecule has 0 saturated heterocycles. The number of nitrogens with zero attached hydrogens (tertiary/aromatic N) is 1. The predicted octanol–water partition coefficient (Wildman–Crippen LogP) is 5.16. The molecule has 0 unspecified atom stereocenters. The summed E-state index contributed by atoms with van der Waals surface area (Å²) in [6.45, 7) is 6.82. The van der Waals surface area contributed by atoms with Gasteiger partial charge in [0.1, 0.15) is 17.6 Å². The smallest absolute Gasteiger partial charge is 0.303 e. The first-order chi connectivity index (χ1) is 17.6. The van der Waals surface area contributed by atoms with Crippen LogP contribution in [0.15, 0.2) is 30.3 Å². The number of amides is 2. The van der Waals surface area contributed by atoms with E-state index in [1.165, 1.54) is 6.07 Å². The zero-order valence-electron chi connectivity index (χ0n) is 21.7. The SMILES string of the molecule is CCOc1ccc2c(c1)CCN(C(=O)CCCCC(=O)O)[C@H]2C(=O)Nc1cc(F)c2c(c1)CCC2(C)C. The molecular weight excluding hydrogens is 475 g/mol. The van der Waals surface area contributed by atoms with Gasteiger partial charge in [-0.1, -0.05) is 19.9 Å². The molecule has 0 bridgehead atoms. The lowest BCUT2D eigenvalue weighted by Crippen LogP contribution is -2.45. The maximum atomic E-state index is 15.1. The number of aryl methyl sites for hydroxylation is 1. The van der Waals surface area contributed by atoms with Crippen molar-refractivity contribution in [2.75, 3.05) is 18.5 Å². The Kier molecular flexibility index (Phi) is 7.85. The maximum absolute atomic E-state index is 15.1. The van der Waals surface area contributed by atoms with Gasteiger partial charge in [0.05, 0.1) is 6.61 Å². The molecule has 198 valence electrons. The molecule has 1 heterocycles. The highest BCUT2D eigenvalue weighted by atomic mass is 19.1. The minimum Gasteiger partial charge on any atom is -0.494 e. The van der Waals surface area contributed by atoms with E-state index in [1.54, 1.807) is 11.0 Å². The van der Waals surface area contributed by atoms with Crippen molar-refractivity contribution in [3.8, 4) is 5.75 Å². The molecule has 0 fully saturated rings. The third kappa shape index (κ3) is 5.78. The van der Waals surface area contributed by atoms with Gasteiger partial charge in [-0.15, -0.1) is 0 Å². The number of ether oxygens (including phenoxy) is 1. The van der Waals surface area contributed by atoms with E-state index in [9.17, 15) is 14.4 Å². The predicted molar refractivity (Wildman–Crippen MR) is 138 cm³/mol. The van der Waals surface area contributed by atoms with Gasteiger partial charge in [-0.05, 0) is 91.0 Å². The molecular formula is C29H35FN2O5. The van der Waals surface area contributed by atoms with Crippen LogP contribution in [0.25, 0.3) is 0 Å². The molecule has 0 saturated carbocycles. The van der Waals surface area contributed by atoms with Crippen molar-refractivity contribution in [3.63, 3.8) is 0 Å². The molecule has 1 aliphatic carbocycles. The second-order valence-electron chi connectivity index (χ2n) is 10.5. The van der Waals surface area contributed by atoms with E-state index in [0.717, 1.165) is 24.0 Å². The highest BCUT2D eigenvalue weighted by Gasteiger charge is 2.37. The third-order valence-electron chi connectivity index (χ3n) is 7.39. The number of carbonyl (C=O) groups excluding carboxylic acids is 2. The fourth-order valence-electron chi connectivity index (χ4n) is 5.58. The second kappa shape index (κ2) is 10.9.